The Kier molecular flexibility index (Phi) is 3.51. The highest BCUT2D eigenvalue weighted by Crippen LogP contribution is 2.19. The number of anilines is 1. The topological polar surface area (TPSA) is 15.3 Å². The van der Waals surface area contributed by atoms with Gasteiger partial charge in [0, 0.05) is 34.4 Å². The van der Waals surface area contributed by atoms with Crippen molar-refractivity contribution in [2.24, 2.45) is 0 Å². The Labute approximate surface area is 105 Å². The van der Waals surface area contributed by atoms with Crippen molar-refractivity contribution in [3.63, 3.8) is 0 Å². The third kappa shape index (κ3) is 2.84. The van der Waals surface area contributed by atoms with Crippen molar-refractivity contribution in [2.75, 3.05) is 18.0 Å². The number of piperazine rings is 1. The van der Waals surface area contributed by atoms with Crippen molar-refractivity contribution >= 4 is 28.3 Å². The van der Waals surface area contributed by atoms with E-state index in [1.807, 2.05) is 0 Å². The molecule has 0 radical (unpaired) electrons. The number of nitrogens with zero attached hydrogens (tertiary/aromatic N) is 1. The van der Waals surface area contributed by atoms with Crippen molar-refractivity contribution in [3.05, 3.63) is 27.8 Å². The van der Waals surface area contributed by atoms with Gasteiger partial charge in [0.05, 0.1) is 0 Å². The molecule has 1 fully saturated rings. The van der Waals surface area contributed by atoms with Crippen LogP contribution in [-0.4, -0.2) is 25.2 Å². The molecular weight excluding hydrogens is 299 g/mol. The van der Waals surface area contributed by atoms with Gasteiger partial charge in [-0.15, -0.1) is 0 Å². The van der Waals surface area contributed by atoms with Crippen molar-refractivity contribution < 1.29 is 0 Å². The van der Waals surface area contributed by atoms with E-state index >= 15 is 0 Å². The van der Waals surface area contributed by atoms with Crippen LogP contribution in [0.25, 0.3) is 0 Å². The molecule has 0 spiro atoms. The molecule has 1 aliphatic heterocycles. The van der Waals surface area contributed by atoms with Gasteiger partial charge in [0.2, 0.25) is 0 Å². The Balaban J connectivity index is 2.12. The first-order valence-corrected chi connectivity index (χ1v) is 6.49. The molecule has 15 heavy (non-hydrogen) atoms. The molecular formula is C12H17IN2. The predicted octanol–water partition coefficient (Wildman–Crippen LogP) is 2.48. The molecule has 2 atom stereocenters. The van der Waals surface area contributed by atoms with Crippen LogP contribution in [0.5, 0.6) is 0 Å². The van der Waals surface area contributed by atoms with Gasteiger partial charge >= 0.3 is 0 Å². The van der Waals surface area contributed by atoms with Crippen molar-refractivity contribution in [1.29, 1.82) is 0 Å². The first kappa shape index (κ1) is 11.2. The molecule has 3 heteroatoms. The van der Waals surface area contributed by atoms with Gasteiger partial charge in [0.1, 0.15) is 0 Å². The minimum Gasteiger partial charge on any atom is -0.368 e. The molecule has 2 nitrogen and oxygen atoms in total. The zero-order chi connectivity index (χ0) is 10.8. The average Bonchev–Trinajstić information content (AvgIpc) is 2.17. The lowest BCUT2D eigenvalue weighted by molar-refractivity contribution is 0.407. The van der Waals surface area contributed by atoms with Gasteiger partial charge in [-0.3, -0.25) is 0 Å². The number of hydrogen-bond acceptors (Lipinski definition) is 2. The quantitative estimate of drug-likeness (QED) is 0.801. The highest BCUT2D eigenvalue weighted by atomic mass is 127. The fourth-order valence-corrected chi connectivity index (χ4v) is 2.55. The summed E-state index contributed by atoms with van der Waals surface area (Å²) in [6.45, 7) is 6.70. The fraction of sp³-hybridized carbons (Fsp3) is 0.500. The van der Waals surface area contributed by atoms with Crippen molar-refractivity contribution in [2.45, 2.75) is 25.9 Å². The maximum atomic E-state index is 3.55. The molecule has 1 N–H and O–H groups in total. The van der Waals surface area contributed by atoms with Crippen LogP contribution in [0, 0.1) is 3.57 Å². The summed E-state index contributed by atoms with van der Waals surface area (Å²) in [6.07, 6.45) is 0. The molecule has 1 aromatic carbocycles. The van der Waals surface area contributed by atoms with Crippen LogP contribution in [0.15, 0.2) is 24.3 Å². The third-order valence-corrected chi connectivity index (χ3v) is 3.47. The fourth-order valence-electron chi connectivity index (χ4n) is 2.19. The Hall–Kier alpha value is -0.290. The van der Waals surface area contributed by atoms with E-state index in [-0.39, 0.29) is 0 Å². The first-order valence-electron chi connectivity index (χ1n) is 5.41. The number of benzene rings is 1. The van der Waals surface area contributed by atoms with E-state index in [4.69, 9.17) is 0 Å². The standard InChI is InChI=1S/C12H17IN2/c1-9-7-15(8-10(2)14-9)12-5-3-11(13)4-6-12/h3-6,9-10,14H,7-8H2,1-2H3/t9-,10+. The minimum absolute atomic E-state index is 0.577. The van der Waals surface area contributed by atoms with E-state index in [0.29, 0.717) is 12.1 Å². The number of hydrogen-bond donors (Lipinski definition) is 1. The van der Waals surface area contributed by atoms with Gasteiger partial charge in [-0.25, -0.2) is 0 Å². The lowest BCUT2D eigenvalue weighted by atomic mass is 10.1. The summed E-state index contributed by atoms with van der Waals surface area (Å²) in [5.74, 6) is 0. The van der Waals surface area contributed by atoms with Gasteiger partial charge in [0.15, 0.2) is 0 Å². The first-order chi connectivity index (χ1) is 7.15. The number of rotatable bonds is 1. The highest BCUT2D eigenvalue weighted by molar-refractivity contribution is 14.1. The van der Waals surface area contributed by atoms with Crippen LogP contribution in [-0.2, 0) is 0 Å². The van der Waals surface area contributed by atoms with Gasteiger partial charge in [-0.1, -0.05) is 0 Å². The second kappa shape index (κ2) is 4.70. The lowest BCUT2D eigenvalue weighted by Gasteiger charge is -2.37. The summed E-state index contributed by atoms with van der Waals surface area (Å²) in [4.78, 5) is 2.46. The largest absolute Gasteiger partial charge is 0.368 e. The summed E-state index contributed by atoms with van der Waals surface area (Å²) >= 11 is 2.34. The SMILES string of the molecule is C[C@@H]1CN(c2ccc(I)cc2)C[C@H](C)N1. The van der Waals surface area contributed by atoms with E-state index in [1.165, 1.54) is 9.26 Å². The maximum absolute atomic E-state index is 3.55. The van der Waals surface area contributed by atoms with Gasteiger partial charge in [0.25, 0.3) is 0 Å². The Morgan fingerprint density at radius 1 is 1.13 bits per heavy atom. The van der Waals surface area contributed by atoms with Crippen LogP contribution in [0.2, 0.25) is 0 Å². The van der Waals surface area contributed by atoms with E-state index < -0.39 is 0 Å². The summed E-state index contributed by atoms with van der Waals surface area (Å²) in [6, 6.07) is 9.93. The van der Waals surface area contributed by atoms with Crippen LogP contribution in [0.4, 0.5) is 5.69 Å². The molecule has 1 heterocycles. The van der Waals surface area contributed by atoms with E-state index in [9.17, 15) is 0 Å². The molecule has 0 unspecified atom stereocenters. The number of halogens is 1. The van der Waals surface area contributed by atoms with E-state index in [1.54, 1.807) is 0 Å². The molecule has 1 aliphatic rings. The van der Waals surface area contributed by atoms with Gasteiger partial charge in [-0.05, 0) is 60.7 Å². The molecule has 1 saturated heterocycles. The second-order valence-electron chi connectivity index (χ2n) is 4.35. The maximum Gasteiger partial charge on any atom is 0.0368 e. The molecule has 0 bridgehead atoms. The Morgan fingerprint density at radius 3 is 2.20 bits per heavy atom. The minimum atomic E-state index is 0.577. The second-order valence-corrected chi connectivity index (χ2v) is 5.60. The molecule has 1 aromatic rings. The van der Waals surface area contributed by atoms with Crippen LogP contribution < -0.4 is 10.2 Å². The zero-order valence-electron chi connectivity index (χ0n) is 9.20. The normalized spacial score (nSPS) is 26.7. The molecule has 0 aliphatic carbocycles. The predicted molar refractivity (Wildman–Crippen MR) is 73.4 cm³/mol. The summed E-state index contributed by atoms with van der Waals surface area (Å²) in [5, 5.41) is 3.55. The summed E-state index contributed by atoms with van der Waals surface area (Å²) in [5.41, 5.74) is 1.34. The number of nitrogens with one attached hydrogen (secondary N) is 1. The molecule has 0 saturated carbocycles. The Bertz CT molecular complexity index is 313. The summed E-state index contributed by atoms with van der Waals surface area (Å²) in [7, 11) is 0. The van der Waals surface area contributed by atoms with Gasteiger partial charge < -0.3 is 10.2 Å². The molecule has 0 aromatic heterocycles. The van der Waals surface area contributed by atoms with Crippen LogP contribution in [0.3, 0.4) is 0 Å². The van der Waals surface area contributed by atoms with Crippen molar-refractivity contribution in [1.82, 2.24) is 5.32 Å². The van der Waals surface area contributed by atoms with Crippen LogP contribution in [0.1, 0.15) is 13.8 Å². The summed E-state index contributed by atoms with van der Waals surface area (Å²) < 4.78 is 1.30. The van der Waals surface area contributed by atoms with Crippen LogP contribution >= 0.6 is 22.6 Å². The smallest absolute Gasteiger partial charge is 0.0368 e. The zero-order valence-corrected chi connectivity index (χ0v) is 11.4. The van der Waals surface area contributed by atoms with E-state index in [0.717, 1.165) is 13.1 Å². The Morgan fingerprint density at radius 2 is 1.67 bits per heavy atom. The van der Waals surface area contributed by atoms with Crippen molar-refractivity contribution in [3.8, 4) is 0 Å². The lowest BCUT2D eigenvalue weighted by Crippen LogP contribution is -2.54. The molecule has 82 valence electrons. The molecule has 2 rings (SSSR count). The monoisotopic (exact) mass is 316 g/mol. The average molecular weight is 316 g/mol. The molecule has 0 amide bonds. The third-order valence-electron chi connectivity index (χ3n) is 2.75. The van der Waals surface area contributed by atoms with Gasteiger partial charge in [-0.2, -0.15) is 0 Å². The van der Waals surface area contributed by atoms with E-state index in [2.05, 4.69) is 70.9 Å². The highest BCUT2D eigenvalue weighted by Gasteiger charge is 2.20.